The van der Waals surface area contributed by atoms with Crippen molar-refractivity contribution in [2.75, 3.05) is 26.2 Å². The number of aromatic nitrogens is 1. The zero-order chi connectivity index (χ0) is 19.6. The first-order chi connectivity index (χ1) is 14.3. The van der Waals surface area contributed by atoms with Gasteiger partial charge in [-0.25, -0.2) is 0 Å². The lowest BCUT2D eigenvalue weighted by atomic mass is 9.94. The molecule has 2 aliphatic heterocycles. The number of nitrogens with zero attached hydrogens (tertiary/aromatic N) is 2. The maximum absolute atomic E-state index is 12.3. The first kappa shape index (κ1) is 18.6. The fourth-order valence-electron chi connectivity index (χ4n) is 5.01. The number of H-pyrrole nitrogens is 1. The van der Waals surface area contributed by atoms with Crippen LogP contribution in [0.1, 0.15) is 40.9 Å². The van der Waals surface area contributed by atoms with Gasteiger partial charge >= 0.3 is 0 Å². The van der Waals surface area contributed by atoms with Crippen LogP contribution in [-0.2, 0) is 13.0 Å². The zero-order valence-electron chi connectivity index (χ0n) is 16.9. The molecule has 1 atom stereocenters. The molecule has 1 fully saturated rings. The molecule has 0 bridgehead atoms. The van der Waals surface area contributed by atoms with E-state index in [4.69, 9.17) is 0 Å². The zero-order valence-corrected chi connectivity index (χ0v) is 16.9. The fraction of sp³-hybridized carbons (Fsp3) is 0.400. The molecule has 4 nitrogen and oxygen atoms in total. The van der Waals surface area contributed by atoms with Crippen LogP contribution < -0.4 is 0 Å². The second-order valence-corrected chi connectivity index (χ2v) is 8.50. The van der Waals surface area contributed by atoms with Crippen molar-refractivity contribution in [2.24, 2.45) is 0 Å². The number of rotatable bonds is 6. The number of carbonyl (C=O) groups is 1. The van der Waals surface area contributed by atoms with E-state index >= 15 is 0 Å². The van der Waals surface area contributed by atoms with Crippen LogP contribution in [0.15, 0.2) is 54.6 Å². The number of carbonyl (C=O) groups excluding carboxylic acids is 1. The number of fused-ring (bicyclic) bond motifs is 4. The molecule has 5 rings (SSSR count). The second-order valence-electron chi connectivity index (χ2n) is 8.50. The van der Waals surface area contributed by atoms with Crippen molar-refractivity contribution in [3.05, 3.63) is 71.4 Å². The van der Waals surface area contributed by atoms with E-state index in [9.17, 15) is 4.79 Å². The minimum atomic E-state index is 0.273. The maximum atomic E-state index is 12.3. The van der Waals surface area contributed by atoms with Gasteiger partial charge in [-0.3, -0.25) is 9.69 Å². The van der Waals surface area contributed by atoms with Crippen LogP contribution in [-0.4, -0.2) is 52.8 Å². The number of piperazine rings is 1. The molecule has 1 saturated heterocycles. The van der Waals surface area contributed by atoms with Gasteiger partial charge in [0.1, 0.15) is 0 Å². The van der Waals surface area contributed by atoms with Gasteiger partial charge in [0, 0.05) is 60.8 Å². The summed E-state index contributed by atoms with van der Waals surface area (Å²) < 4.78 is 0. The number of para-hydroxylation sites is 1. The van der Waals surface area contributed by atoms with Gasteiger partial charge in [0.15, 0.2) is 5.78 Å². The predicted octanol–water partition coefficient (Wildman–Crippen LogP) is 4.26. The van der Waals surface area contributed by atoms with Gasteiger partial charge in [0.05, 0.1) is 0 Å². The third kappa shape index (κ3) is 3.87. The maximum Gasteiger partial charge on any atom is 0.162 e. The Bertz CT molecular complexity index is 994. The van der Waals surface area contributed by atoms with E-state index in [-0.39, 0.29) is 5.78 Å². The lowest BCUT2D eigenvalue weighted by Gasteiger charge is -2.44. The standard InChI is InChI=1S/C25H29N3O/c29-25(19-8-2-1-3-9-19)12-6-7-13-27-14-15-28-18-24-22(16-20(28)17-27)21-10-4-5-11-23(21)26-24/h1-5,8-11,20,26H,6-7,12-18H2. The van der Waals surface area contributed by atoms with Gasteiger partial charge in [-0.15, -0.1) is 0 Å². The third-order valence-corrected chi connectivity index (χ3v) is 6.62. The van der Waals surface area contributed by atoms with Crippen LogP contribution in [0.5, 0.6) is 0 Å². The lowest BCUT2D eigenvalue weighted by Crippen LogP contribution is -2.55. The summed E-state index contributed by atoms with van der Waals surface area (Å²) >= 11 is 0. The molecule has 150 valence electrons. The molecule has 0 saturated carbocycles. The van der Waals surface area contributed by atoms with Gasteiger partial charge < -0.3 is 9.88 Å². The number of ketones is 1. The highest BCUT2D eigenvalue weighted by Gasteiger charge is 2.32. The molecule has 0 amide bonds. The van der Waals surface area contributed by atoms with Crippen molar-refractivity contribution in [3.8, 4) is 0 Å². The quantitative estimate of drug-likeness (QED) is 0.507. The molecule has 1 unspecified atom stereocenters. The van der Waals surface area contributed by atoms with E-state index in [0.29, 0.717) is 12.5 Å². The number of hydrogen-bond donors (Lipinski definition) is 1. The Labute approximate surface area is 172 Å². The predicted molar refractivity (Wildman–Crippen MR) is 117 cm³/mol. The normalized spacial score (nSPS) is 19.8. The van der Waals surface area contributed by atoms with Gasteiger partial charge in [-0.2, -0.15) is 0 Å². The molecule has 2 aliphatic rings. The van der Waals surface area contributed by atoms with Crippen molar-refractivity contribution in [2.45, 2.75) is 38.3 Å². The van der Waals surface area contributed by atoms with Gasteiger partial charge in [-0.05, 0) is 37.4 Å². The summed E-state index contributed by atoms with van der Waals surface area (Å²) in [5, 5.41) is 1.40. The molecule has 3 aromatic rings. The van der Waals surface area contributed by atoms with Crippen molar-refractivity contribution in [1.82, 2.24) is 14.8 Å². The Hall–Kier alpha value is -2.43. The molecule has 0 aliphatic carbocycles. The summed E-state index contributed by atoms with van der Waals surface area (Å²) in [5.41, 5.74) is 5.06. The summed E-state index contributed by atoms with van der Waals surface area (Å²) in [5.74, 6) is 0.273. The number of Topliss-reactive ketones (excluding diaryl/α,β-unsaturated/α-hetero) is 1. The van der Waals surface area contributed by atoms with Crippen LogP contribution in [0.3, 0.4) is 0 Å². The average Bonchev–Trinajstić information content (AvgIpc) is 3.13. The molecule has 4 heteroatoms. The van der Waals surface area contributed by atoms with Crippen molar-refractivity contribution in [3.63, 3.8) is 0 Å². The second kappa shape index (κ2) is 8.13. The minimum absolute atomic E-state index is 0.273. The van der Waals surface area contributed by atoms with E-state index < -0.39 is 0 Å². The molecular formula is C25H29N3O. The van der Waals surface area contributed by atoms with E-state index in [1.807, 2.05) is 30.3 Å². The van der Waals surface area contributed by atoms with Crippen molar-refractivity contribution in [1.29, 1.82) is 0 Å². The molecular weight excluding hydrogens is 358 g/mol. The highest BCUT2D eigenvalue weighted by Crippen LogP contribution is 2.31. The van der Waals surface area contributed by atoms with E-state index in [1.165, 1.54) is 22.2 Å². The highest BCUT2D eigenvalue weighted by molar-refractivity contribution is 5.95. The minimum Gasteiger partial charge on any atom is -0.357 e. The van der Waals surface area contributed by atoms with E-state index in [2.05, 4.69) is 39.0 Å². The largest absolute Gasteiger partial charge is 0.357 e. The van der Waals surface area contributed by atoms with Crippen molar-refractivity contribution < 1.29 is 4.79 Å². The first-order valence-corrected chi connectivity index (χ1v) is 10.9. The summed E-state index contributed by atoms with van der Waals surface area (Å²) in [6.45, 7) is 5.58. The Morgan fingerprint density at radius 3 is 2.72 bits per heavy atom. The third-order valence-electron chi connectivity index (χ3n) is 6.62. The Kier molecular flexibility index (Phi) is 5.21. The average molecular weight is 388 g/mol. The van der Waals surface area contributed by atoms with Crippen molar-refractivity contribution >= 4 is 16.7 Å². The number of nitrogens with one attached hydrogen (secondary N) is 1. The smallest absolute Gasteiger partial charge is 0.162 e. The molecule has 3 heterocycles. The van der Waals surface area contributed by atoms with Crippen LogP contribution >= 0.6 is 0 Å². The molecule has 29 heavy (non-hydrogen) atoms. The summed E-state index contributed by atoms with van der Waals surface area (Å²) in [4.78, 5) is 21.1. The Morgan fingerprint density at radius 1 is 1.00 bits per heavy atom. The SMILES string of the molecule is O=C(CCCCN1CCN2Cc3[nH]c4ccccc4c3CC2C1)c1ccccc1. The van der Waals surface area contributed by atoms with Gasteiger partial charge in [0.25, 0.3) is 0 Å². The summed E-state index contributed by atoms with van der Waals surface area (Å²) in [6.07, 6.45) is 3.88. The lowest BCUT2D eigenvalue weighted by molar-refractivity contribution is 0.0590. The van der Waals surface area contributed by atoms with Crippen LogP contribution in [0.25, 0.3) is 10.9 Å². The highest BCUT2D eigenvalue weighted by atomic mass is 16.1. The van der Waals surface area contributed by atoms with E-state index in [1.54, 1.807) is 0 Å². The molecule has 0 spiro atoms. The molecule has 1 aromatic heterocycles. The number of aromatic amines is 1. The monoisotopic (exact) mass is 387 g/mol. The molecule has 0 radical (unpaired) electrons. The topological polar surface area (TPSA) is 39.3 Å². The summed E-state index contributed by atoms with van der Waals surface area (Å²) in [7, 11) is 0. The van der Waals surface area contributed by atoms with E-state index in [0.717, 1.165) is 57.5 Å². The van der Waals surface area contributed by atoms with Crippen LogP contribution in [0.4, 0.5) is 0 Å². The Morgan fingerprint density at radius 2 is 1.83 bits per heavy atom. The van der Waals surface area contributed by atoms with Crippen LogP contribution in [0.2, 0.25) is 0 Å². The number of benzene rings is 2. The molecule has 2 aromatic carbocycles. The fourth-order valence-corrected chi connectivity index (χ4v) is 5.01. The molecule has 1 N–H and O–H groups in total. The van der Waals surface area contributed by atoms with Gasteiger partial charge in [0.2, 0.25) is 0 Å². The Balaban J connectivity index is 1.14. The first-order valence-electron chi connectivity index (χ1n) is 10.9. The number of unbranched alkanes of at least 4 members (excludes halogenated alkanes) is 1. The van der Waals surface area contributed by atoms with Crippen LogP contribution in [0, 0.1) is 0 Å². The summed E-state index contributed by atoms with van der Waals surface area (Å²) in [6, 6.07) is 19.0. The van der Waals surface area contributed by atoms with Gasteiger partial charge in [-0.1, -0.05) is 48.5 Å². The number of hydrogen-bond acceptors (Lipinski definition) is 3.